The largest absolute Gasteiger partial charge is 0.870 e. The number of rotatable bonds is 3. The molecule has 0 amide bonds. The maximum absolute atomic E-state index is 10.7. The van der Waals surface area contributed by atoms with E-state index in [1.807, 2.05) is 60.7 Å². The monoisotopic (exact) mass is 225 g/mol. The molecular weight excluding hydrogens is 214 g/mol. The molecule has 0 spiro atoms. The molecule has 0 bridgehead atoms. The number of nitrogens with zero attached hydrogens (tertiary/aromatic N) is 1. The van der Waals surface area contributed by atoms with Gasteiger partial charge in [-0.05, 0) is 11.1 Å². The van der Waals surface area contributed by atoms with E-state index in [2.05, 4.69) is 4.99 Å². The van der Waals surface area contributed by atoms with Crippen LogP contribution in [0.2, 0.25) is 0 Å². The average molecular weight is 225 g/mol. The Morgan fingerprint density at radius 3 is 1.53 bits per heavy atom. The molecule has 0 saturated carbocycles. The van der Waals surface area contributed by atoms with Crippen LogP contribution >= 0.6 is 0 Å². The van der Waals surface area contributed by atoms with Gasteiger partial charge in [-0.25, -0.2) is 0 Å². The van der Waals surface area contributed by atoms with Gasteiger partial charge in [0.1, 0.15) is 0 Å². The molecule has 17 heavy (non-hydrogen) atoms. The second-order valence-corrected chi connectivity index (χ2v) is 3.62. The minimum absolute atomic E-state index is 0.512. The summed E-state index contributed by atoms with van der Waals surface area (Å²) in [6.07, 6.45) is -1.40. The van der Waals surface area contributed by atoms with Crippen molar-refractivity contribution in [3.05, 3.63) is 71.8 Å². The van der Waals surface area contributed by atoms with Crippen LogP contribution in [-0.4, -0.2) is 6.08 Å². The summed E-state index contributed by atoms with van der Waals surface area (Å²) in [6, 6.07) is 18.1. The lowest BCUT2D eigenvalue weighted by Crippen LogP contribution is -2.32. The Kier molecular flexibility index (Phi) is 3.40. The third kappa shape index (κ3) is 2.84. The lowest BCUT2D eigenvalue weighted by Gasteiger charge is -2.21. The van der Waals surface area contributed by atoms with Crippen molar-refractivity contribution in [3.63, 3.8) is 0 Å². The summed E-state index contributed by atoms with van der Waals surface area (Å²) in [4.78, 5) is 3.62. The van der Waals surface area contributed by atoms with Gasteiger partial charge in [-0.3, -0.25) is 0 Å². The van der Waals surface area contributed by atoms with Gasteiger partial charge in [0.2, 0.25) is 0 Å². The first-order valence-corrected chi connectivity index (χ1v) is 5.29. The molecule has 2 aromatic rings. The molecule has 86 valence electrons. The zero-order valence-corrected chi connectivity index (χ0v) is 9.11. The maximum Gasteiger partial charge on any atom is 0.0977 e. The van der Waals surface area contributed by atoms with Gasteiger partial charge in [0.25, 0.3) is 0 Å². The molecular formula is C14H11NO2-2. The molecule has 0 aliphatic rings. The van der Waals surface area contributed by atoms with Crippen LogP contribution in [0.5, 0.6) is 0 Å². The van der Waals surface area contributed by atoms with E-state index in [0.29, 0.717) is 0 Å². The molecule has 0 aromatic heterocycles. The highest BCUT2D eigenvalue weighted by atomic mass is 16.5. The van der Waals surface area contributed by atoms with E-state index in [-0.39, 0.29) is 0 Å². The van der Waals surface area contributed by atoms with Gasteiger partial charge in [-0.1, -0.05) is 60.7 Å². The van der Waals surface area contributed by atoms with Crippen LogP contribution in [0.1, 0.15) is 17.2 Å². The van der Waals surface area contributed by atoms with E-state index in [1.165, 1.54) is 0 Å². The second-order valence-electron chi connectivity index (χ2n) is 3.62. The SMILES string of the molecule is [O-]C([O-])=NC(c1ccccc1)c1ccccc1. The molecule has 2 aromatic carbocycles. The Balaban J connectivity index is 2.43. The van der Waals surface area contributed by atoms with Gasteiger partial charge < -0.3 is 15.2 Å². The van der Waals surface area contributed by atoms with Crippen LogP contribution in [0.3, 0.4) is 0 Å². The number of hydrogen-bond acceptors (Lipinski definition) is 3. The van der Waals surface area contributed by atoms with Crippen LogP contribution in [0, 0.1) is 0 Å². The third-order valence-electron chi connectivity index (χ3n) is 2.47. The van der Waals surface area contributed by atoms with Crippen molar-refractivity contribution in [1.29, 1.82) is 0 Å². The van der Waals surface area contributed by atoms with Gasteiger partial charge in [0, 0.05) is 0 Å². The van der Waals surface area contributed by atoms with Crippen molar-refractivity contribution in [1.82, 2.24) is 0 Å². The first-order chi connectivity index (χ1) is 8.27. The van der Waals surface area contributed by atoms with E-state index in [4.69, 9.17) is 0 Å². The topological polar surface area (TPSA) is 58.5 Å². The Morgan fingerprint density at radius 2 is 1.18 bits per heavy atom. The first kappa shape index (κ1) is 11.2. The highest BCUT2D eigenvalue weighted by Crippen LogP contribution is 2.25. The molecule has 3 heteroatoms. The standard InChI is InChI=1S/C14H13NO2/c16-14(17)15-13(11-7-3-1-4-8-11)12-9-5-2-6-10-12/h1-10,13H,(H2,15,16,17)/p-2. The summed E-state index contributed by atoms with van der Waals surface area (Å²) in [7, 11) is 0. The van der Waals surface area contributed by atoms with Gasteiger partial charge >= 0.3 is 0 Å². The Labute approximate surface area is 99.7 Å². The zero-order chi connectivity index (χ0) is 12.1. The zero-order valence-electron chi connectivity index (χ0n) is 9.11. The predicted molar refractivity (Wildman–Crippen MR) is 62.2 cm³/mol. The van der Waals surface area contributed by atoms with Crippen molar-refractivity contribution in [3.8, 4) is 0 Å². The molecule has 0 saturated heterocycles. The normalized spacial score (nSPS) is 10.2. The highest BCUT2D eigenvalue weighted by Gasteiger charge is 2.10. The predicted octanol–water partition coefficient (Wildman–Crippen LogP) is 0.853. The van der Waals surface area contributed by atoms with E-state index in [1.54, 1.807) is 0 Å². The molecule has 0 N–H and O–H groups in total. The highest BCUT2D eigenvalue weighted by molar-refractivity contribution is 5.57. The fourth-order valence-corrected chi connectivity index (χ4v) is 1.72. The fraction of sp³-hybridized carbons (Fsp3) is 0.0714. The van der Waals surface area contributed by atoms with Crippen LogP contribution < -0.4 is 10.2 Å². The molecule has 2 rings (SSSR count). The second kappa shape index (κ2) is 5.16. The van der Waals surface area contributed by atoms with Crippen molar-refractivity contribution >= 4 is 6.08 Å². The smallest absolute Gasteiger partial charge is 0.0977 e. The minimum atomic E-state index is -1.40. The van der Waals surface area contributed by atoms with Crippen molar-refractivity contribution in [2.45, 2.75) is 6.04 Å². The first-order valence-electron chi connectivity index (χ1n) is 5.29. The Morgan fingerprint density at radius 1 is 0.765 bits per heavy atom. The lowest BCUT2D eigenvalue weighted by molar-refractivity contribution is -0.385. The molecule has 0 unspecified atom stereocenters. The molecule has 0 aliphatic carbocycles. The van der Waals surface area contributed by atoms with Gasteiger partial charge in [0.05, 0.1) is 6.04 Å². The number of hydrogen-bond donors (Lipinski definition) is 0. The van der Waals surface area contributed by atoms with Gasteiger partial charge in [-0.15, -0.1) is 6.08 Å². The van der Waals surface area contributed by atoms with Crippen molar-refractivity contribution in [2.75, 3.05) is 0 Å². The molecule has 0 fully saturated rings. The molecule has 0 heterocycles. The summed E-state index contributed by atoms with van der Waals surface area (Å²) in [6.45, 7) is 0. The van der Waals surface area contributed by atoms with E-state index in [9.17, 15) is 10.2 Å². The summed E-state index contributed by atoms with van der Waals surface area (Å²) in [5.41, 5.74) is 1.67. The van der Waals surface area contributed by atoms with Gasteiger partial charge in [0.15, 0.2) is 0 Å². The Hall–Kier alpha value is -2.29. The fourth-order valence-electron chi connectivity index (χ4n) is 1.72. The van der Waals surface area contributed by atoms with Crippen LogP contribution in [-0.2, 0) is 0 Å². The number of aliphatic imine (C=N–C) groups is 1. The van der Waals surface area contributed by atoms with Gasteiger partial charge in [-0.2, -0.15) is 0 Å². The third-order valence-corrected chi connectivity index (χ3v) is 2.47. The maximum atomic E-state index is 10.7. The molecule has 0 atom stereocenters. The van der Waals surface area contributed by atoms with E-state index in [0.717, 1.165) is 11.1 Å². The quantitative estimate of drug-likeness (QED) is 0.574. The average Bonchev–Trinajstić information content (AvgIpc) is 2.38. The van der Waals surface area contributed by atoms with Crippen LogP contribution in [0.15, 0.2) is 65.7 Å². The molecule has 0 aliphatic heterocycles. The molecule has 3 nitrogen and oxygen atoms in total. The van der Waals surface area contributed by atoms with Crippen LogP contribution in [0.25, 0.3) is 0 Å². The summed E-state index contributed by atoms with van der Waals surface area (Å²) >= 11 is 0. The summed E-state index contributed by atoms with van der Waals surface area (Å²) < 4.78 is 0. The molecule has 0 radical (unpaired) electrons. The van der Waals surface area contributed by atoms with Crippen molar-refractivity contribution < 1.29 is 10.2 Å². The summed E-state index contributed by atoms with van der Waals surface area (Å²) in [5, 5.41) is 21.4. The minimum Gasteiger partial charge on any atom is -0.870 e. The van der Waals surface area contributed by atoms with Crippen molar-refractivity contribution in [2.24, 2.45) is 4.99 Å². The van der Waals surface area contributed by atoms with E-state index < -0.39 is 12.1 Å². The number of benzene rings is 2. The Bertz CT molecular complexity index is 451. The van der Waals surface area contributed by atoms with Crippen LogP contribution in [0.4, 0.5) is 0 Å². The lowest BCUT2D eigenvalue weighted by atomic mass is 9.99. The summed E-state index contributed by atoms with van der Waals surface area (Å²) in [5.74, 6) is 0. The van der Waals surface area contributed by atoms with E-state index >= 15 is 0 Å².